The van der Waals surface area contributed by atoms with Gasteiger partial charge in [-0.05, 0) is 44.9 Å². The second-order valence-corrected chi connectivity index (χ2v) is 8.24. The zero-order chi connectivity index (χ0) is 20.8. The molecule has 2 fully saturated rings. The smallest absolute Gasteiger partial charge is 0.193 e. The van der Waals surface area contributed by atoms with Gasteiger partial charge in [-0.3, -0.25) is 9.89 Å². The Morgan fingerprint density at radius 1 is 1.03 bits per heavy atom. The van der Waals surface area contributed by atoms with Gasteiger partial charge in [-0.1, -0.05) is 12.1 Å². The maximum atomic E-state index is 13.2. The van der Waals surface area contributed by atoms with Crippen LogP contribution in [0.1, 0.15) is 38.9 Å². The van der Waals surface area contributed by atoms with E-state index in [1.165, 1.54) is 12.1 Å². The Labute approximate surface area is 197 Å². The molecule has 0 bridgehead atoms. The zero-order valence-corrected chi connectivity index (χ0v) is 20.8. The number of nitrogens with one attached hydrogen (secondary N) is 1. The Morgan fingerprint density at radius 3 is 2.30 bits per heavy atom. The molecular weight excluding hydrogens is 498 g/mol. The van der Waals surface area contributed by atoms with E-state index in [4.69, 9.17) is 9.47 Å². The minimum atomic E-state index is -0.226. The number of morpholine rings is 2. The molecule has 2 heterocycles. The Kier molecular flexibility index (Phi) is 10.3. The molecule has 3 rings (SSSR count). The van der Waals surface area contributed by atoms with Crippen molar-refractivity contribution in [3.63, 3.8) is 0 Å². The van der Waals surface area contributed by atoms with Crippen LogP contribution in [0.15, 0.2) is 29.3 Å². The average Bonchev–Trinajstić information content (AvgIpc) is 2.67. The quantitative estimate of drug-likeness (QED) is 0.272. The third-order valence-corrected chi connectivity index (χ3v) is 5.44. The van der Waals surface area contributed by atoms with Crippen LogP contribution in [0.2, 0.25) is 0 Å². The van der Waals surface area contributed by atoms with E-state index >= 15 is 0 Å². The summed E-state index contributed by atoms with van der Waals surface area (Å²) in [5.74, 6) is 0.673. The first kappa shape index (κ1) is 25.3. The van der Waals surface area contributed by atoms with Gasteiger partial charge >= 0.3 is 0 Å². The molecule has 1 N–H and O–H groups in total. The zero-order valence-electron chi connectivity index (χ0n) is 18.5. The third kappa shape index (κ3) is 7.32. The summed E-state index contributed by atoms with van der Waals surface area (Å²) in [6, 6.07) is 6.58. The van der Waals surface area contributed by atoms with Gasteiger partial charge in [-0.15, -0.1) is 24.0 Å². The highest BCUT2D eigenvalue weighted by Crippen LogP contribution is 2.25. The first-order valence-electron chi connectivity index (χ1n) is 10.7. The summed E-state index contributed by atoms with van der Waals surface area (Å²) in [4.78, 5) is 9.19. The van der Waals surface area contributed by atoms with Crippen LogP contribution < -0.4 is 5.32 Å². The molecule has 1 aromatic carbocycles. The molecular formula is C22H36FIN4O2. The monoisotopic (exact) mass is 534 g/mol. The van der Waals surface area contributed by atoms with Crippen molar-refractivity contribution in [3.8, 4) is 0 Å². The summed E-state index contributed by atoms with van der Waals surface area (Å²) < 4.78 is 25.2. The average molecular weight is 534 g/mol. The highest BCUT2D eigenvalue weighted by atomic mass is 127. The molecule has 0 amide bonds. The van der Waals surface area contributed by atoms with E-state index in [-0.39, 0.29) is 42.0 Å². The topological polar surface area (TPSA) is 49.3 Å². The van der Waals surface area contributed by atoms with Crippen molar-refractivity contribution < 1.29 is 13.9 Å². The Balaban J connectivity index is 0.00000320. The number of aliphatic imine (C=N–C) groups is 1. The maximum absolute atomic E-state index is 13.2. The van der Waals surface area contributed by atoms with Gasteiger partial charge in [0.15, 0.2) is 5.96 Å². The van der Waals surface area contributed by atoms with Gasteiger partial charge in [-0.25, -0.2) is 4.39 Å². The number of benzene rings is 1. The Bertz CT molecular complexity index is 666. The van der Waals surface area contributed by atoms with E-state index in [2.05, 4.69) is 40.9 Å². The van der Waals surface area contributed by atoms with E-state index in [1.54, 1.807) is 12.1 Å². The van der Waals surface area contributed by atoms with Crippen LogP contribution in [0.3, 0.4) is 0 Å². The fraction of sp³-hybridized carbons (Fsp3) is 0.682. The van der Waals surface area contributed by atoms with E-state index < -0.39 is 0 Å². The first-order chi connectivity index (χ1) is 13.9. The molecule has 0 spiro atoms. The van der Waals surface area contributed by atoms with E-state index in [1.807, 2.05) is 7.05 Å². The number of ether oxygens (including phenoxy) is 2. The summed E-state index contributed by atoms with van der Waals surface area (Å²) in [7, 11) is 1.82. The van der Waals surface area contributed by atoms with Gasteiger partial charge < -0.3 is 19.7 Å². The van der Waals surface area contributed by atoms with Crippen molar-refractivity contribution in [1.82, 2.24) is 15.1 Å². The van der Waals surface area contributed by atoms with E-state index in [0.717, 1.165) is 50.7 Å². The molecule has 0 radical (unpaired) electrons. The standard InChI is InChI=1S/C22H35FN4O2.HI/c1-16-12-26(13-17(2)28-16)11-5-10-25-22(24-4)27-14-18(3)29-21(15-27)19-6-8-20(23)9-7-19;/h6-9,16-18,21H,5,10-15H2,1-4H3,(H,24,25);1H. The molecule has 4 atom stereocenters. The summed E-state index contributed by atoms with van der Waals surface area (Å²) in [6.07, 6.45) is 1.65. The minimum absolute atomic E-state index is 0. The van der Waals surface area contributed by atoms with Crippen molar-refractivity contribution in [3.05, 3.63) is 35.6 Å². The van der Waals surface area contributed by atoms with Crippen LogP contribution in [0.4, 0.5) is 4.39 Å². The largest absolute Gasteiger partial charge is 0.373 e. The summed E-state index contributed by atoms with van der Waals surface area (Å²) in [5.41, 5.74) is 0.994. The number of guanidine groups is 1. The van der Waals surface area contributed by atoms with Crippen LogP contribution in [-0.2, 0) is 9.47 Å². The fourth-order valence-corrected chi connectivity index (χ4v) is 4.29. The molecule has 2 aliphatic rings. The van der Waals surface area contributed by atoms with Gasteiger partial charge in [-0.2, -0.15) is 0 Å². The summed E-state index contributed by atoms with van der Waals surface area (Å²) >= 11 is 0. The molecule has 0 saturated carbocycles. The van der Waals surface area contributed by atoms with E-state index in [0.29, 0.717) is 18.8 Å². The van der Waals surface area contributed by atoms with Gasteiger partial charge in [0.05, 0.1) is 24.9 Å². The molecule has 8 heteroatoms. The lowest BCUT2D eigenvalue weighted by atomic mass is 10.1. The Hall–Kier alpha value is -0.970. The van der Waals surface area contributed by atoms with E-state index in [9.17, 15) is 4.39 Å². The third-order valence-electron chi connectivity index (χ3n) is 5.44. The first-order valence-corrected chi connectivity index (χ1v) is 10.7. The fourth-order valence-electron chi connectivity index (χ4n) is 4.29. The van der Waals surface area contributed by atoms with Crippen molar-refractivity contribution in [2.45, 2.75) is 51.6 Å². The number of nitrogens with zero attached hydrogens (tertiary/aromatic N) is 3. The molecule has 4 unspecified atom stereocenters. The summed E-state index contributed by atoms with van der Waals surface area (Å²) in [6.45, 7) is 11.8. The van der Waals surface area contributed by atoms with Crippen molar-refractivity contribution in [1.29, 1.82) is 0 Å². The predicted octanol–water partition coefficient (Wildman–Crippen LogP) is 3.28. The number of rotatable bonds is 5. The maximum Gasteiger partial charge on any atom is 0.193 e. The van der Waals surface area contributed by atoms with Gasteiger partial charge in [0.1, 0.15) is 11.9 Å². The molecule has 2 aliphatic heterocycles. The normalized spacial score (nSPS) is 28.2. The lowest BCUT2D eigenvalue weighted by Gasteiger charge is -2.39. The SMILES string of the molecule is CN=C(NCCCN1CC(C)OC(C)C1)N1CC(C)OC(c2ccc(F)cc2)C1.I. The highest BCUT2D eigenvalue weighted by molar-refractivity contribution is 14.0. The van der Waals surface area contributed by atoms with Crippen molar-refractivity contribution in [2.75, 3.05) is 46.3 Å². The molecule has 6 nitrogen and oxygen atoms in total. The molecule has 30 heavy (non-hydrogen) atoms. The molecule has 170 valence electrons. The molecule has 1 aromatic rings. The van der Waals surface area contributed by atoms with Crippen LogP contribution >= 0.6 is 24.0 Å². The molecule has 2 saturated heterocycles. The lowest BCUT2D eigenvalue weighted by Crippen LogP contribution is -2.51. The van der Waals surface area contributed by atoms with Gasteiger partial charge in [0.25, 0.3) is 0 Å². The second kappa shape index (κ2) is 12.2. The van der Waals surface area contributed by atoms with Crippen LogP contribution in [0.25, 0.3) is 0 Å². The van der Waals surface area contributed by atoms with Crippen LogP contribution in [0.5, 0.6) is 0 Å². The molecule has 0 aromatic heterocycles. The molecule has 0 aliphatic carbocycles. The van der Waals surface area contributed by atoms with Crippen LogP contribution in [0, 0.1) is 5.82 Å². The Morgan fingerprint density at radius 2 is 1.67 bits per heavy atom. The second-order valence-electron chi connectivity index (χ2n) is 8.24. The number of hydrogen-bond donors (Lipinski definition) is 1. The number of hydrogen-bond acceptors (Lipinski definition) is 4. The van der Waals surface area contributed by atoms with Crippen molar-refractivity contribution >= 4 is 29.9 Å². The van der Waals surface area contributed by atoms with Crippen molar-refractivity contribution in [2.24, 2.45) is 4.99 Å². The number of halogens is 2. The highest BCUT2D eigenvalue weighted by Gasteiger charge is 2.28. The lowest BCUT2D eigenvalue weighted by molar-refractivity contribution is -0.0680. The van der Waals surface area contributed by atoms with Gasteiger partial charge in [0.2, 0.25) is 0 Å². The predicted molar refractivity (Wildman–Crippen MR) is 129 cm³/mol. The van der Waals surface area contributed by atoms with Gasteiger partial charge in [0, 0.05) is 39.8 Å². The van der Waals surface area contributed by atoms with Crippen LogP contribution in [-0.4, -0.2) is 80.4 Å². The minimum Gasteiger partial charge on any atom is -0.373 e. The summed E-state index contributed by atoms with van der Waals surface area (Å²) in [5, 5.41) is 3.51.